The van der Waals surface area contributed by atoms with E-state index in [0.717, 1.165) is 41.1 Å². The summed E-state index contributed by atoms with van der Waals surface area (Å²) in [6, 6.07) is 21.2. The number of benzene rings is 4. The van der Waals surface area contributed by atoms with Crippen molar-refractivity contribution >= 4 is 45.8 Å². The first-order valence-corrected chi connectivity index (χ1v) is 20.7. The molecule has 2 saturated heterocycles. The standard InChI is InChI=1S/C47H47FN8O6/c1-27(2)39(53-46(59)61-3)44(57)56-23-9-13-38(56)43-50-35-21-19-31-24-28(15-20-33(31)41(35)52-43)14-16-29-17-18-32(25-34(29)48)36-26-49-42(51-36)37-12-8-22-55(37)45(58)40(54-47(60)62-4)30-10-6-5-7-11-30/h5-7,10-11,15,17-21,24-27,37-40H,8-9,12-13,22-23H2,1-4H3,(H,49,51)(H,50,52)(H,53,59)(H,54,60)/t37-,38-,39-,40+/m0/s1. The Morgan fingerprint density at radius 1 is 0.806 bits per heavy atom. The number of alkyl carbamates (subject to hydrolysis) is 2. The number of nitrogens with one attached hydrogen (secondary N) is 4. The maximum Gasteiger partial charge on any atom is 0.407 e. The van der Waals surface area contributed by atoms with Gasteiger partial charge in [-0.1, -0.05) is 74.2 Å². The molecule has 318 valence electrons. The second-order valence-electron chi connectivity index (χ2n) is 15.9. The molecule has 2 aliphatic rings. The summed E-state index contributed by atoms with van der Waals surface area (Å²) < 4.78 is 25.2. The molecule has 0 radical (unpaired) electrons. The van der Waals surface area contributed by atoms with E-state index in [9.17, 15) is 19.2 Å². The fraction of sp³-hybridized carbons (Fsp3) is 0.319. The number of hydrogen-bond donors (Lipinski definition) is 4. The van der Waals surface area contributed by atoms with Crippen molar-refractivity contribution in [2.24, 2.45) is 5.92 Å². The summed E-state index contributed by atoms with van der Waals surface area (Å²) in [5.41, 5.74) is 4.34. The largest absolute Gasteiger partial charge is 0.453 e. The van der Waals surface area contributed by atoms with Crippen LogP contribution in [-0.4, -0.2) is 87.1 Å². The molecule has 14 nitrogen and oxygen atoms in total. The normalized spacial score (nSPS) is 17.1. The molecule has 0 bridgehead atoms. The van der Waals surface area contributed by atoms with E-state index in [1.807, 2.05) is 50.2 Å². The Hall–Kier alpha value is -7.21. The van der Waals surface area contributed by atoms with Gasteiger partial charge in [-0.05, 0) is 72.9 Å². The zero-order chi connectivity index (χ0) is 43.5. The van der Waals surface area contributed by atoms with Crippen LogP contribution in [0, 0.1) is 23.6 Å². The van der Waals surface area contributed by atoms with E-state index in [-0.39, 0.29) is 35.4 Å². The molecule has 4 atom stereocenters. The maximum absolute atomic E-state index is 15.6. The average molecular weight is 839 g/mol. The Morgan fingerprint density at radius 2 is 1.52 bits per heavy atom. The van der Waals surface area contributed by atoms with Gasteiger partial charge in [0.2, 0.25) is 5.91 Å². The lowest BCUT2D eigenvalue weighted by Crippen LogP contribution is -2.51. The monoisotopic (exact) mass is 838 g/mol. The number of halogens is 1. The van der Waals surface area contributed by atoms with Crippen LogP contribution in [-0.2, 0) is 19.1 Å². The van der Waals surface area contributed by atoms with Crippen molar-refractivity contribution in [3.63, 3.8) is 0 Å². The van der Waals surface area contributed by atoms with Gasteiger partial charge in [0.15, 0.2) is 0 Å². The van der Waals surface area contributed by atoms with Gasteiger partial charge in [-0.25, -0.2) is 23.9 Å². The number of carbonyl (C=O) groups excluding carboxylic acids is 4. The van der Waals surface area contributed by atoms with E-state index in [4.69, 9.17) is 14.5 Å². The van der Waals surface area contributed by atoms with Crippen molar-refractivity contribution in [3.05, 3.63) is 119 Å². The number of amides is 4. The first kappa shape index (κ1) is 41.5. The number of fused-ring (bicyclic) bond motifs is 3. The van der Waals surface area contributed by atoms with Crippen molar-refractivity contribution in [1.82, 2.24) is 40.4 Å². The number of methoxy groups -OCH3 is 2. The van der Waals surface area contributed by atoms with Gasteiger partial charge in [0, 0.05) is 29.6 Å². The smallest absolute Gasteiger partial charge is 0.407 e. The van der Waals surface area contributed by atoms with Crippen molar-refractivity contribution in [1.29, 1.82) is 0 Å². The zero-order valence-electron chi connectivity index (χ0n) is 34.8. The summed E-state index contributed by atoms with van der Waals surface area (Å²) in [7, 11) is 2.53. The summed E-state index contributed by atoms with van der Waals surface area (Å²) in [6.07, 6.45) is 3.24. The van der Waals surface area contributed by atoms with Crippen LogP contribution in [0.1, 0.15) is 86.0 Å². The number of ether oxygens (including phenoxy) is 2. The van der Waals surface area contributed by atoms with E-state index in [1.165, 1.54) is 20.3 Å². The number of aromatic amines is 2. The number of aromatic nitrogens is 4. The summed E-state index contributed by atoms with van der Waals surface area (Å²) in [5, 5.41) is 7.18. The molecule has 0 saturated carbocycles. The summed E-state index contributed by atoms with van der Waals surface area (Å²) in [6.45, 7) is 4.81. The lowest BCUT2D eigenvalue weighted by Gasteiger charge is -2.29. The maximum atomic E-state index is 15.6. The Balaban J connectivity index is 0.969. The van der Waals surface area contributed by atoms with Crippen LogP contribution in [0.4, 0.5) is 14.0 Å². The molecular weight excluding hydrogens is 792 g/mol. The van der Waals surface area contributed by atoms with Crippen LogP contribution in [0.2, 0.25) is 0 Å². The highest BCUT2D eigenvalue weighted by Crippen LogP contribution is 2.36. The molecule has 2 aromatic heterocycles. The third-order valence-electron chi connectivity index (χ3n) is 11.6. The molecular formula is C47H47FN8O6. The Morgan fingerprint density at radius 3 is 2.23 bits per heavy atom. The van der Waals surface area contributed by atoms with E-state index in [2.05, 4.69) is 37.4 Å². The van der Waals surface area contributed by atoms with Crippen molar-refractivity contribution < 1.29 is 33.0 Å². The molecule has 15 heteroatoms. The number of hydrogen-bond acceptors (Lipinski definition) is 8. The molecule has 8 rings (SSSR count). The molecule has 0 unspecified atom stereocenters. The van der Waals surface area contributed by atoms with Gasteiger partial charge in [-0.3, -0.25) is 9.59 Å². The molecule has 6 aromatic rings. The molecule has 2 aliphatic heterocycles. The second kappa shape index (κ2) is 17.8. The van der Waals surface area contributed by atoms with Gasteiger partial charge in [0.05, 0.1) is 54.8 Å². The van der Waals surface area contributed by atoms with Crippen molar-refractivity contribution in [2.75, 3.05) is 27.3 Å². The molecule has 4 aromatic carbocycles. The minimum absolute atomic E-state index is 0.138. The van der Waals surface area contributed by atoms with Crippen molar-refractivity contribution in [2.45, 2.75) is 63.7 Å². The van der Waals surface area contributed by atoms with Crippen LogP contribution in [0.15, 0.2) is 85.1 Å². The number of imidazole rings is 2. The van der Waals surface area contributed by atoms with E-state index < -0.39 is 30.1 Å². The summed E-state index contributed by atoms with van der Waals surface area (Å²) >= 11 is 0. The predicted octanol–water partition coefficient (Wildman–Crippen LogP) is 7.45. The van der Waals surface area contributed by atoms with E-state index >= 15 is 4.39 Å². The zero-order valence-corrected chi connectivity index (χ0v) is 34.8. The van der Waals surface area contributed by atoms with Gasteiger partial charge < -0.3 is 39.9 Å². The fourth-order valence-corrected chi connectivity index (χ4v) is 8.42. The SMILES string of the molecule is COC(=O)N[C@H](C(=O)N1CCC[C@H]1c1nc2c(ccc3cc(C#Cc4ccc(-c5cnc([C@@H]6CCCN6C(=O)[C@H](NC(=O)OC)c6ccccc6)[nH]5)cc4F)ccc32)[nH]1)C(C)C. The highest BCUT2D eigenvalue weighted by molar-refractivity contribution is 6.04. The molecule has 0 spiro atoms. The average Bonchev–Trinajstić information content (AvgIpc) is 4.13. The number of rotatable bonds is 9. The highest BCUT2D eigenvalue weighted by Gasteiger charge is 2.39. The molecule has 4 heterocycles. The minimum atomic E-state index is -0.937. The fourth-order valence-electron chi connectivity index (χ4n) is 8.42. The van der Waals surface area contributed by atoms with Gasteiger partial charge in [0.25, 0.3) is 5.91 Å². The van der Waals surface area contributed by atoms with Crippen LogP contribution >= 0.6 is 0 Å². The Kier molecular flexibility index (Phi) is 11.9. The topological polar surface area (TPSA) is 175 Å². The van der Waals surface area contributed by atoms with Gasteiger partial charge in [-0.2, -0.15) is 0 Å². The van der Waals surface area contributed by atoms with Gasteiger partial charge in [-0.15, -0.1) is 0 Å². The number of H-pyrrole nitrogens is 2. The highest BCUT2D eigenvalue weighted by atomic mass is 19.1. The number of carbonyl (C=O) groups is 4. The molecule has 62 heavy (non-hydrogen) atoms. The van der Waals surface area contributed by atoms with Crippen LogP contribution in [0.5, 0.6) is 0 Å². The molecule has 0 aliphatic carbocycles. The number of likely N-dealkylation sites (tertiary alicyclic amines) is 2. The summed E-state index contributed by atoms with van der Waals surface area (Å²) in [5.74, 6) is 6.27. The Labute approximate surface area is 357 Å². The van der Waals surface area contributed by atoms with Crippen LogP contribution in [0.3, 0.4) is 0 Å². The molecule has 2 fully saturated rings. The predicted molar refractivity (Wildman–Crippen MR) is 230 cm³/mol. The lowest BCUT2D eigenvalue weighted by molar-refractivity contribution is -0.135. The third-order valence-corrected chi connectivity index (χ3v) is 11.6. The van der Waals surface area contributed by atoms with Crippen LogP contribution < -0.4 is 10.6 Å². The van der Waals surface area contributed by atoms with Crippen molar-refractivity contribution in [3.8, 4) is 23.1 Å². The number of nitrogens with zero attached hydrogens (tertiary/aromatic N) is 4. The minimum Gasteiger partial charge on any atom is -0.453 e. The first-order valence-electron chi connectivity index (χ1n) is 20.7. The molecule has 4 N–H and O–H groups in total. The van der Waals surface area contributed by atoms with Gasteiger partial charge in [0.1, 0.15) is 29.5 Å². The lowest BCUT2D eigenvalue weighted by atomic mass is 10.0. The third kappa shape index (κ3) is 8.41. The van der Waals surface area contributed by atoms with E-state index in [1.54, 1.807) is 52.4 Å². The quantitative estimate of drug-likeness (QED) is 0.109. The van der Waals surface area contributed by atoms with Gasteiger partial charge >= 0.3 is 12.2 Å². The first-order chi connectivity index (χ1) is 30.0. The van der Waals surface area contributed by atoms with E-state index in [0.29, 0.717) is 53.5 Å². The molecule has 4 amide bonds. The Bertz CT molecular complexity index is 2720. The van der Waals surface area contributed by atoms with Crippen LogP contribution in [0.25, 0.3) is 33.1 Å². The summed E-state index contributed by atoms with van der Waals surface area (Å²) in [4.78, 5) is 71.6. The second-order valence-corrected chi connectivity index (χ2v) is 15.9.